The van der Waals surface area contributed by atoms with E-state index in [1.165, 1.54) is 22.5 Å². The van der Waals surface area contributed by atoms with Crippen molar-refractivity contribution in [1.29, 1.82) is 0 Å². The summed E-state index contributed by atoms with van der Waals surface area (Å²) in [4.78, 5) is 2.58. The fourth-order valence-corrected chi connectivity index (χ4v) is 4.00. The van der Waals surface area contributed by atoms with E-state index in [-0.39, 0.29) is 0 Å². The molecular formula is C13H22BrN3S. The molecule has 0 spiro atoms. The molecule has 1 aromatic rings. The average Bonchev–Trinajstić information content (AvgIpc) is 2.62. The van der Waals surface area contributed by atoms with Crippen LogP contribution >= 0.6 is 27.7 Å². The minimum absolute atomic E-state index is 0.635. The maximum Gasteiger partial charge on any atom is 0.0739 e. The monoisotopic (exact) mass is 331 g/mol. The number of hydrogen-bond acceptors (Lipinski definition) is 3. The van der Waals surface area contributed by atoms with Gasteiger partial charge in [-0.15, -0.1) is 0 Å². The molecule has 18 heavy (non-hydrogen) atoms. The van der Waals surface area contributed by atoms with Crippen LogP contribution in [0.2, 0.25) is 0 Å². The number of halogens is 1. The van der Waals surface area contributed by atoms with Crippen LogP contribution in [0.5, 0.6) is 0 Å². The molecule has 5 heteroatoms. The molecule has 1 aliphatic heterocycles. The summed E-state index contributed by atoms with van der Waals surface area (Å²) in [5.74, 6) is 1.24. The van der Waals surface area contributed by atoms with Crippen molar-refractivity contribution in [3.63, 3.8) is 0 Å². The summed E-state index contributed by atoms with van der Waals surface area (Å²) in [6.07, 6.45) is 0. The number of hydrogen-bond donors (Lipinski definition) is 0. The zero-order valence-electron chi connectivity index (χ0n) is 11.6. The fraction of sp³-hybridized carbons (Fsp3) is 0.769. The third-order valence-corrected chi connectivity index (χ3v) is 6.19. The van der Waals surface area contributed by atoms with E-state index >= 15 is 0 Å². The zero-order valence-corrected chi connectivity index (χ0v) is 14.0. The van der Waals surface area contributed by atoms with Crippen molar-refractivity contribution < 1.29 is 0 Å². The van der Waals surface area contributed by atoms with Gasteiger partial charge in [-0.2, -0.15) is 16.9 Å². The Labute approximate surface area is 122 Å². The van der Waals surface area contributed by atoms with Crippen molar-refractivity contribution in [2.75, 3.05) is 12.3 Å². The number of aryl methyl sites for hydroxylation is 2. The van der Waals surface area contributed by atoms with E-state index in [0.29, 0.717) is 6.04 Å². The van der Waals surface area contributed by atoms with Crippen LogP contribution in [-0.2, 0) is 13.1 Å². The first kappa shape index (κ1) is 14.4. The van der Waals surface area contributed by atoms with E-state index in [4.69, 9.17) is 0 Å². The zero-order chi connectivity index (χ0) is 13.3. The molecule has 0 N–H and O–H groups in total. The summed E-state index contributed by atoms with van der Waals surface area (Å²) < 4.78 is 3.31. The highest BCUT2D eigenvalue weighted by molar-refractivity contribution is 9.10. The highest BCUT2D eigenvalue weighted by Crippen LogP contribution is 2.28. The van der Waals surface area contributed by atoms with Crippen LogP contribution in [0.3, 0.4) is 0 Å². The largest absolute Gasteiger partial charge is 0.293 e. The Morgan fingerprint density at radius 1 is 1.44 bits per heavy atom. The summed E-state index contributed by atoms with van der Waals surface area (Å²) in [5, 5.41) is 5.30. The van der Waals surface area contributed by atoms with Gasteiger partial charge in [-0.25, -0.2) is 0 Å². The molecule has 1 aliphatic rings. The Bertz CT molecular complexity index is 419. The maximum atomic E-state index is 4.58. The van der Waals surface area contributed by atoms with Gasteiger partial charge in [0, 0.05) is 36.7 Å². The third kappa shape index (κ3) is 2.78. The Morgan fingerprint density at radius 2 is 2.17 bits per heavy atom. The predicted octanol–water partition coefficient (Wildman–Crippen LogP) is 3.30. The molecular weight excluding hydrogens is 310 g/mol. The normalized spacial score (nSPS) is 25.6. The first-order valence-electron chi connectivity index (χ1n) is 6.62. The van der Waals surface area contributed by atoms with Crippen LogP contribution in [0.4, 0.5) is 0 Å². The number of nitrogens with zero attached hydrogens (tertiary/aromatic N) is 3. The summed E-state index contributed by atoms with van der Waals surface area (Å²) in [7, 11) is 0. The van der Waals surface area contributed by atoms with Gasteiger partial charge < -0.3 is 0 Å². The highest BCUT2D eigenvalue weighted by Gasteiger charge is 2.27. The molecule has 0 aliphatic carbocycles. The number of rotatable bonds is 3. The molecule has 2 unspecified atom stereocenters. The van der Waals surface area contributed by atoms with E-state index in [9.17, 15) is 0 Å². The van der Waals surface area contributed by atoms with Crippen molar-refractivity contribution in [2.45, 2.75) is 52.1 Å². The topological polar surface area (TPSA) is 21.1 Å². The van der Waals surface area contributed by atoms with Crippen LogP contribution in [0.15, 0.2) is 4.47 Å². The minimum Gasteiger partial charge on any atom is -0.293 e. The van der Waals surface area contributed by atoms with Crippen LogP contribution < -0.4 is 0 Å². The van der Waals surface area contributed by atoms with Gasteiger partial charge in [-0.1, -0.05) is 6.92 Å². The standard InChI is InChI=1S/C13H22BrN3S/c1-5-17-12(13(14)9(2)15-17)8-16-6-7-18-11(4)10(16)3/h10-11H,5-8H2,1-4H3. The van der Waals surface area contributed by atoms with Gasteiger partial charge in [0.25, 0.3) is 0 Å². The molecule has 2 heterocycles. The summed E-state index contributed by atoms with van der Waals surface area (Å²) in [6, 6.07) is 0.635. The lowest BCUT2D eigenvalue weighted by atomic mass is 10.2. The summed E-state index contributed by atoms with van der Waals surface area (Å²) in [6.45, 7) is 12.0. The van der Waals surface area contributed by atoms with Gasteiger partial charge in [0.2, 0.25) is 0 Å². The predicted molar refractivity (Wildman–Crippen MR) is 82.1 cm³/mol. The molecule has 2 atom stereocenters. The van der Waals surface area contributed by atoms with Crippen LogP contribution in [0, 0.1) is 6.92 Å². The van der Waals surface area contributed by atoms with Gasteiger partial charge in [-0.05, 0) is 36.7 Å². The quantitative estimate of drug-likeness (QED) is 0.847. The average molecular weight is 332 g/mol. The molecule has 0 bridgehead atoms. The number of aromatic nitrogens is 2. The Kier molecular flexibility index (Phi) is 4.78. The summed E-state index contributed by atoms with van der Waals surface area (Å²) >= 11 is 5.77. The van der Waals surface area contributed by atoms with Crippen molar-refractivity contribution in [3.8, 4) is 0 Å². The lowest BCUT2D eigenvalue weighted by Crippen LogP contribution is -2.44. The maximum absolute atomic E-state index is 4.58. The van der Waals surface area contributed by atoms with Gasteiger partial charge in [0.15, 0.2) is 0 Å². The van der Waals surface area contributed by atoms with Gasteiger partial charge in [0.1, 0.15) is 0 Å². The van der Waals surface area contributed by atoms with Crippen molar-refractivity contribution in [3.05, 3.63) is 15.9 Å². The van der Waals surface area contributed by atoms with Crippen LogP contribution in [-0.4, -0.2) is 38.3 Å². The van der Waals surface area contributed by atoms with Gasteiger partial charge in [0.05, 0.1) is 15.9 Å². The highest BCUT2D eigenvalue weighted by atomic mass is 79.9. The van der Waals surface area contributed by atoms with E-state index in [0.717, 1.165) is 24.0 Å². The molecule has 0 saturated carbocycles. The summed E-state index contributed by atoms with van der Waals surface area (Å²) in [5.41, 5.74) is 2.42. The van der Waals surface area contributed by atoms with E-state index in [2.05, 4.69) is 70.1 Å². The second-order valence-corrected chi connectivity index (χ2v) is 7.23. The van der Waals surface area contributed by atoms with Crippen molar-refractivity contribution >= 4 is 27.7 Å². The first-order chi connectivity index (χ1) is 8.54. The Hall–Kier alpha value is -0.0000000000000000555. The Balaban J connectivity index is 2.18. The molecule has 0 radical (unpaired) electrons. The van der Waals surface area contributed by atoms with Crippen LogP contribution in [0.25, 0.3) is 0 Å². The molecule has 1 saturated heterocycles. The third-order valence-electron chi connectivity index (χ3n) is 3.82. The van der Waals surface area contributed by atoms with Gasteiger partial charge in [-0.3, -0.25) is 9.58 Å². The number of thioether (sulfide) groups is 1. The smallest absolute Gasteiger partial charge is 0.0739 e. The molecule has 3 nitrogen and oxygen atoms in total. The van der Waals surface area contributed by atoms with E-state index in [1.807, 2.05) is 0 Å². The molecule has 2 rings (SSSR count). The molecule has 1 fully saturated rings. The second kappa shape index (κ2) is 5.97. The molecule has 102 valence electrons. The lowest BCUT2D eigenvalue weighted by molar-refractivity contribution is 0.198. The SMILES string of the molecule is CCn1nc(C)c(Br)c1CN1CCSC(C)C1C. The second-order valence-electron chi connectivity index (χ2n) is 4.95. The van der Waals surface area contributed by atoms with Crippen molar-refractivity contribution in [1.82, 2.24) is 14.7 Å². The molecule has 1 aromatic heterocycles. The molecule has 0 amide bonds. The van der Waals surface area contributed by atoms with E-state index in [1.54, 1.807) is 0 Å². The van der Waals surface area contributed by atoms with Crippen molar-refractivity contribution in [2.24, 2.45) is 0 Å². The lowest BCUT2D eigenvalue weighted by Gasteiger charge is -2.37. The van der Waals surface area contributed by atoms with Gasteiger partial charge >= 0.3 is 0 Å². The Morgan fingerprint density at radius 3 is 2.83 bits per heavy atom. The van der Waals surface area contributed by atoms with Crippen LogP contribution in [0.1, 0.15) is 32.2 Å². The minimum atomic E-state index is 0.635. The van der Waals surface area contributed by atoms with E-state index < -0.39 is 0 Å². The molecule has 0 aromatic carbocycles. The fourth-order valence-electron chi connectivity index (χ4n) is 2.43. The first-order valence-corrected chi connectivity index (χ1v) is 8.46.